The largest absolute Gasteiger partial charge is 0.463 e. The molecule has 41 heavy (non-hydrogen) atoms. The Bertz CT molecular complexity index is 1420. The molecule has 3 aromatic carbocycles. The number of piperazine rings is 1. The van der Waals surface area contributed by atoms with Crippen molar-refractivity contribution in [3.63, 3.8) is 0 Å². The van der Waals surface area contributed by atoms with Gasteiger partial charge in [-0.3, -0.25) is 14.6 Å². The number of ether oxygens (including phenoxy) is 2. The molecule has 1 atom stereocenters. The van der Waals surface area contributed by atoms with Crippen LogP contribution in [0.3, 0.4) is 0 Å². The Labute approximate surface area is 239 Å². The van der Waals surface area contributed by atoms with Crippen LogP contribution in [-0.4, -0.2) is 79.0 Å². The SMILES string of the molecule is CCOC(=O)C1=C(CN2CCN(C(=O)c3ccccc3)CC2)N(C)C(=O)NC1c1cccc(Oc2ccccc2)c1. The van der Waals surface area contributed by atoms with E-state index in [0.29, 0.717) is 66.6 Å². The van der Waals surface area contributed by atoms with E-state index in [9.17, 15) is 14.4 Å². The number of urea groups is 1. The molecule has 212 valence electrons. The third-order valence-electron chi connectivity index (χ3n) is 7.30. The van der Waals surface area contributed by atoms with Gasteiger partial charge in [0.05, 0.1) is 18.2 Å². The molecule has 9 nitrogen and oxygen atoms in total. The molecule has 0 spiro atoms. The first-order chi connectivity index (χ1) is 19.9. The zero-order valence-electron chi connectivity index (χ0n) is 23.3. The predicted molar refractivity (Wildman–Crippen MR) is 154 cm³/mol. The van der Waals surface area contributed by atoms with Crippen molar-refractivity contribution in [1.82, 2.24) is 20.0 Å². The first-order valence-electron chi connectivity index (χ1n) is 13.8. The van der Waals surface area contributed by atoms with E-state index in [0.717, 1.165) is 0 Å². The molecular formula is C32H34N4O5. The third kappa shape index (κ3) is 6.41. The molecular weight excluding hydrogens is 520 g/mol. The van der Waals surface area contributed by atoms with Crippen LogP contribution in [0.15, 0.2) is 96.2 Å². The second-order valence-electron chi connectivity index (χ2n) is 9.94. The van der Waals surface area contributed by atoms with Crippen molar-refractivity contribution in [1.29, 1.82) is 0 Å². The molecule has 2 aliphatic heterocycles. The fourth-order valence-corrected chi connectivity index (χ4v) is 5.11. The summed E-state index contributed by atoms with van der Waals surface area (Å²) in [5, 5.41) is 2.97. The average Bonchev–Trinajstić information content (AvgIpc) is 3.00. The summed E-state index contributed by atoms with van der Waals surface area (Å²) in [6, 6.07) is 25.0. The van der Waals surface area contributed by atoms with Crippen molar-refractivity contribution in [2.45, 2.75) is 13.0 Å². The smallest absolute Gasteiger partial charge is 0.338 e. The Kier molecular flexibility index (Phi) is 8.64. The van der Waals surface area contributed by atoms with E-state index in [2.05, 4.69) is 10.2 Å². The summed E-state index contributed by atoms with van der Waals surface area (Å²) in [4.78, 5) is 44.9. The maximum Gasteiger partial charge on any atom is 0.338 e. The molecule has 1 saturated heterocycles. The van der Waals surface area contributed by atoms with Crippen LogP contribution in [0, 0.1) is 0 Å². The minimum Gasteiger partial charge on any atom is -0.463 e. The van der Waals surface area contributed by atoms with Gasteiger partial charge in [0.25, 0.3) is 5.91 Å². The number of hydrogen-bond donors (Lipinski definition) is 1. The lowest BCUT2D eigenvalue weighted by Gasteiger charge is -2.39. The molecule has 3 aromatic rings. The van der Waals surface area contributed by atoms with Crippen LogP contribution in [0.5, 0.6) is 11.5 Å². The van der Waals surface area contributed by atoms with Crippen molar-refractivity contribution in [3.8, 4) is 11.5 Å². The minimum absolute atomic E-state index is 0.00325. The molecule has 2 heterocycles. The van der Waals surface area contributed by atoms with Crippen molar-refractivity contribution >= 4 is 17.9 Å². The van der Waals surface area contributed by atoms with Crippen molar-refractivity contribution < 1.29 is 23.9 Å². The van der Waals surface area contributed by atoms with E-state index in [1.54, 1.807) is 14.0 Å². The van der Waals surface area contributed by atoms with Gasteiger partial charge in [0, 0.05) is 51.0 Å². The minimum atomic E-state index is -0.715. The Morgan fingerprint density at radius 2 is 1.54 bits per heavy atom. The highest BCUT2D eigenvalue weighted by molar-refractivity contribution is 5.95. The van der Waals surface area contributed by atoms with Gasteiger partial charge in [0.15, 0.2) is 0 Å². The lowest BCUT2D eigenvalue weighted by atomic mass is 9.94. The number of rotatable bonds is 8. The van der Waals surface area contributed by atoms with Gasteiger partial charge in [0.2, 0.25) is 0 Å². The standard InChI is InChI=1S/C32H34N4O5/c1-3-40-31(38)28-27(22-35-17-19-36(20-18-35)30(37)23-11-6-4-7-12-23)34(2)32(39)33-29(28)24-13-10-16-26(21-24)41-25-14-8-5-9-15-25/h4-16,21,29H,3,17-20,22H2,1-2H3,(H,33,39). The van der Waals surface area contributed by atoms with E-state index in [1.165, 1.54) is 4.90 Å². The van der Waals surface area contributed by atoms with E-state index in [1.807, 2.05) is 89.8 Å². The van der Waals surface area contributed by atoms with E-state index in [4.69, 9.17) is 9.47 Å². The van der Waals surface area contributed by atoms with Crippen LogP contribution in [0.4, 0.5) is 4.79 Å². The summed E-state index contributed by atoms with van der Waals surface area (Å²) < 4.78 is 11.5. The quantitative estimate of drug-likeness (QED) is 0.414. The van der Waals surface area contributed by atoms with Crippen molar-refractivity contribution in [2.75, 3.05) is 46.4 Å². The Morgan fingerprint density at radius 1 is 0.878 bits per heavy atom. The van der Waals surface area contributed by atoms with Crippen molar-refractivity contribution in [2.24, 2.45) is 0 Å². The first kappa shape index (κ1) is 27.9. The van der Waals surface area contributed by atoms with E-state index in [-0.39, 0.29) is 18.5 Å². The summed E-state index contributed by atoms with van der Waals surface area (Å²) >= 11 is 0. The molecule has 1 N–H and O–H groups in total. The van der Waals surface area contributed by atoms with Gasteiger partial charge < -0.3 is 19.7 Å². The molecule has 9 heteroatoms. The molecule has 1 fully saturated rings. The maximum atomic E-state index is 13.4. The van der Waals surface area contributed by atoms with Gasteiger partial charge in [-0.2, -0.15) is 0 Å². The monoisotopic (exact) mass is 554 g/mol. The number of hydrogen-bond acceptors (Lipinski definition) is 6. The molecule has 0 aliphatic carbocycles. The number of amides is 3. The highest BCUT2D eigenvalue weighted by Crippen LogP contribution is 2.34. The third-order valence-corrected chi connectivity index (χ3v) is 7.30. The number of nitrogens with one attached hydrogen (secondary N) is 1. The van der Waals surface area contributed by atoms with E-state index < -0.39 is 12.0 Å². The average molecular weight is 555 g/mol. The van der Waals surface area contributed by atoms with Gasteiger partial charge in [-0.05, 0) is 48.9 Å². The van der Waals surface area contributed by atoms with Crippen LogP contribution in [0.1, 0.15) is 28.9 Å². The Morgan fingerprint density at radius 3 is 2.22 bits per heavy atom. The van der Waals surface area contributed by atoms with Crippen LogP contribution < -0.4 is 10.1 Å². The Hall–Kier alpha value is -4.63. The summed E-state index contributed by atoms with van der Waals surface area (Å²) in [6.07, 6.45) is 0. The van der Waals surface area contributed by atoms with Gasteiger partial charge in [-0.1, -0.05) is 48.5 Å². The molecule has 0 aromatic heterocycles. The summed E-state index contributed by atoms with van der Waals surface area (Å²) in [7, 11) is 1.66. The molecule has 2 aliphatic rings. The number of benzene rings is 3. The number of para-hydroxylation sites is 1. The number of nitrogens with zero attached hydrogens (tertiary/aromatic N) is 3. The number of carbonyl (C=O) groups excluding carboxylic acids is 3. The lowest BCUT2D eigenvalue weighted by Crippen LogP contribution is -2.53. The van der Waals surface area contributed by atoms with E-state index >= 15 is 0 Å². The second kappa shape index (κ2) is 12.7. The molecule has 0 bridgehead atoms. The Balaban J connectivity index is 1.39. The van der Waals surface area contributed by atoms with Gasteiger partial charge in [0.1, 0.15) is 11.5 Å². The highest BCUT2D eigenvalue weighted by Gasteiger charge is 2.38. The van der Waals surface area contributed by atoms with Gasteiger partial charge in [-0.15, -0.1) is 0 Å². The summed E-state index contributed by atoms with van der Waals surface area (Å²) in [5.74, 6) is 0.796. The molecule has 1 unspecified atom stereocenters. The first-order valence-corrected chi connectivity index (χ1v) is 13.8. The maximum absolute atomic E-state index is 13.4. The lowest BCUT2D eigenvalue weighted by molar-refractivity contribution is -0.139. The molecule has 0 saturated carbocycles. The molecule has 3 amide bonds. The fourth-order valence-electron chi connectivity index (χ4n) is 5.11. The number of likely N-dealkylation sites (N-methyl/N-ethyl adjacent to an activating group) is 1. The molecule has 5 rings (SSSR count). The van der Waals surface area contributed by atoms with Crippen molar-refractivity contribution in [3.05, 3.63) is 107 Å². The zero-order valence-corrected chi connectivity index (χ0v) is 23.3. The fraction of sp³-hybridized carbons (Fsp3) is 0.281. The van der Waals surface area contributed by atoms with Crippen LogP contribution in [0.25, 0.3) is 0 Å². The van der Waals surface area contributed by atoms with Gasteiger partial charge >= 0.3 is 12.0 Å². The number of esters is 1. The zero-order chi connectivity index (χ0) is 28.8. The van der Waals surface area contributed by atoms with Crippen LogP contribution in [0.2, 0.25) is 0 Å². The van der Waals surface area contributed by atoms with Crippen LogP contribution in [-0.2, 0) is 9.53 Å². The molecule has 0 radical (unpaired) electrons. The summed E-state index contributed by atoms with van der Waals surface area (Å²) in [5.41, 5.74) is 2.33. The number of carbonyl (C=O) groups is 3. The van der Waals surface area contributed by atoms with Gasteiger partial charge in [-0.25, -0.2) is 9.59 Å². The topological polar surface area (TPSA) is 91.4 Å². The normalized spacial score (nSPS) is 17.7. The predicted octanol–water partition coefficient (Wildman–Crippen LogP) is 4.45. The van der Waals surface area contributed by atoms with Crippen LogP contribution >= 0.6 is 0 Å². The second-order valence-corrected chi connectivity index (χ2v) is 9.94. The summed E-state index contributed by atoms with van der Waals surface area (Å²) in [6.45, 7) is 4.65. The highest BCUT2D eigenvalue weighted by atomic mass is 16.5.